The van der Waals surface area contributed by atoms with E-state index in [0.29, 0.717) is 6.54 Å². The molecule has 0 aliphatic heterocycles. The summed E-state index contributed by atoms with van der Waals surface area (Å²) in [6.45, 7) is 2.39. The summed E-state index contributed by atoms with van der Waals surface area (Å²) in [7, 11) is 0. The molecule has 0 amide bonds. The summed E-state index contributed by atoms with van der Waals surface area (Å²) >= 11 is 0. The Labute approximate surface area is 81.5 Å². The molecule has 1 aromatic heterocycles. The summed E-state index contributed by atoms with van der Waals surface area (Å²) in [5.41, 5.74) is 7.04. The van der Waals surface area contributed by atoms with Crippen molar-refractivity contribution in [2.24, 2.45) is 5.73 Å². The molecule has 0 saturated carbocycles. The number of aryl methyl sites for hydroxylation is 1. The van der Waals surface area contributed by atoms with E-state index in [2.05, 4.69) is 10.6 Å². The highest BCUT2D eigenvalue weighted by molar-refractivity contribution is 5.94. The first-order valence-corrected chi connectivity index (χ1v) is 4.04. The Hall–Kier alpha value is -1.98. The maximum atomic E-state index is 7.32. The SMILES string of the molecule is Cc1cocc1CNC(=N)NC(=N)N. The average molecular weight is 195 g/mol. The zero-order valence-electron chi connectivity index (χ0n) is 7.85. The molecule has 0 unspecified atom stereocenters. The monoisotopic (exact) mass is 195 g/mol. The van der Waals surface area contributed by atoms with Gasteiger partial charge in [0.2, 0.25) is 0 Å². The van der Waals surface area contributed by atoms with E-state index in [1.165, 1.54) is 0 Å². The lowest BCUT2D eigenvalue weighted by Gasteiger charge is -2.07. The van der Waals surface area contributed by atoms with Gasteiger partial charge in [0.15, 0.2) is 11.9 Å². The van der Waals surface area contributed by atoms with Crippen molar-refractivity contribution >= 4 is 11.9 Å². The fourth-order valence-electron chi connectivity index (χ4n) is 0.930. The van der Waals surface area contributed by atoms with Gasteiger partial charge in [-0.3, -0.25) is 16.1 Å². The largest absolute Gasteiger partial charge is 0.472 e. The second-order valence-electron chi connectivity index (χ2n) is 2.85. The van der Waals surface area contributed by atoms with Crippen molar-refractivity contribution in [3.05, 3.63) is 23.7 Å². The Bertz CT molecular complexity index is 343. The van der Waals surface area contributed by atoms with Gasteiger partial charge in [-0.05, 0) is 12.5 Å². The second kappa shape index (κ2) is 4.31. The Morgan fingerprint density at radius 3 is 2.71 bits per heavy atom. The molecule has 0 saturated heterocycles. The molecule has 0 bridgehead atoms. The molecule has 6 heteroatoms. The number of rotatable bonds is 2. The topological polar surface area (TPSA) is 111 Å². The fraction of sp³-hybridized carbons (Fsp3) is 0.250. The Morgan fingerprint density at radius 1 is 1.50 bits per heavy atom. The molecule has 14 heavy (non-hydrogen) atoms. The minimum absolute atomic E-state index is 0.00176. The van der Waals surface area contributed by atoms with E-state index in [0.717, 1.165) is 11.1 Å². The summed E-state index contributed by atoms with van der Waals surface area (Å²) in [4.78, 5) is 0. The summed E-state index contributed by atoms with van der Waals surface area (Å²) in [6, 6.07) is 0. The van der Waals surface area contributed by atoms with Crippen LogP contribution in [0.25, 0.3) is 0 Å². The van der Waals surface area contributed by atoms with Crippen molar-refractivity contribution in [3.8, 4) is 0 Å². The third-order valence-electron chi connectivity index (χ3n) is 1.68. The molecule has 0 spiro atoms. The molecule has 0 radical (unpaired) electrons. The molecule has 0 aliphatic rings. The van der Waals surface area contributed by atoms with Crippen molar-refractivity contribution < 1.29 is 4.42 Å². The highest BCUT2D eigenvalue weighted by Crippen LogP contribution is 2.07. The van der Waals surface area contributed by atoms with Gasteiger partial charge in [0.25, 0.3) is 0 Å². The van der Waals surface area contributed by atoms with Crippen molar-refractivity contribution in [1.29, 1.82) is 10.8 Å². The fourth-order valence-corrected chi connectivity index (χ4v) is 0.930. The van der Waals surface area contributed by atoms with Crippen LogP contribution < -0.4 is 16.4 Å². The minimum Gasteiger partial charge on any atom is -0.472 e. The van der Waals surface area contributed by atoms with Crippen LogP contribution in [0, 0.1) is 17.7 Å². The van der Waals surface area contributed by atoms with E-state index in [1.807, 2.05) is 6.92 Å². The lowest BCUT2D eigenvalue weighted by Crippen LogP contribution is -2.42. The molecule has 1 rings (SSSR count). The van der Waals surface area contributed by atoms with Crippen LogP contribution in [0.5, 0.6) is 0 Å². The lowest BCUT2D eigenvalue weighted by atomic mass is 10.2. The molecular weight excluding hydrogens is 182 g/mol. The third kappa shape index (κ3) is 2.81. The first-order chi connectivity index (χ1) is 6.59. The van der Waals surface area contributed by atoms with Gasteiger partial charge in [0.1, 0.15) is 0 Å². The molecule has 1 aromatic rings. The summed E-state index contributed by atoms with van der Waals surface area (Å²) < 4.78 is 4.96. The van der Waals surface area contributed by atoms with Crippen LogP contribution in [-0.2, 0) is 6.54 Å². The number of nitrogens with one attached hydrogen (secondary N) is 4. The molecule has 6 N–H and O–H groups in total. The van der Waals surface area contributed by atoms with Crippen molar-refractivity contribution in [2.75, 3.05) is 0 Å². The lowest BCUT2D eigenvalue weighted by molar-refractivity contribution is 0.562. The molecule has 0 aliphatic carbocycles. The second-order valence-corrected chi connectivity index (χ2v) is 2.85. The van der Waals surface area contributed by atoms with Gasteiger partial charge in [0.05, 0.1) is 12.5 Å². The first-order valence-electron chi connectivity index (χ1n) is 4.04. The molecule has 0 aromatic carbocycles. The van der Waals surface area contributed by atoms with E-state index in [9.17, 15) is 0 Å². The van der Waals surface area contributed by atoms with Crippen LogP contribution in [0.1, 0.15) is 11.1 Å². The standard InChI is InChI=1S/C8H13N5O/c1-5-3-14-4-6(5)2-12-8(11)13-7(9)10/h3-4H,2H2,1H3,(H6,9,10,11,12,13). The normalized spacial score (nSPS) is 9.50. The number of nitrogens with two attached hydrogens (primary N) is 1. The third-order valence-corrected chi connectivity index (χ3v) is 1.68. The maximum Gasteiger partial charge on any atom is 0.195 e. The van der Waals surface area contributed by atoms with E-state index in [1.54, 1.807) is 12.5 Å². The smallest absolute Gasteiger partial charge is 0.195 e. The predicted octanol–water partition coefficient (Wildman–Crippen LogP) is 0.0955. The molecule has 76 valence electrons. The van der Waals surface area contributed by atoms with Crippen LogP contribution in [0.2, 0.25) is 0 Å². The van der Waals surface area contributed by atoms with Gasteiger partial charge < -0.3 is 15.5 Å². The van der Waals surface area contributed by atoms with Gasteiger partial charge >= 0.3 is 0 Å². The van der Waals surface area contributed by atoms with Gasteiger partial charge in [-0.1, -0.05) is 0 Å². The summed E-state index contributed by atoms with van der Waals surface area (Å²) in [6.07, 6.45) is 3.25. The Morgan fingerprint density at radius 2 is 2.21 bits per heavy atom. The van der Waals surface area contributed by atoms with E-state index >= 15 is 0 Å². The number of hydrogen-bond acceptors (Lipinski definition) is 3. The van der Waals surface area contributed by atoms with Crippen molar-refractivity contribution in [1.82, 2.24) is 10.6 Å². The number of guanidine groups is 2. The molecule has 1 heterocycles. The van der Waals surface area contributed by atoms with Crippen molar-refractivity contribution in [2.45, 2.75) is 13.5 Å². The van der Waals surface area contributed by atoms with Crippen LogP contribution in [0.4, 0.5) is 0 Å². The van der Waals surface area contributed by atoms with Crippen molar-refractivity contribution in [3.63, 3.8) is 0 Å². The predicted molar refractivity (Wildman–Crippen MR) is 53.1 cm³/mol. The quantitative estimate of drug-likeness (QED) is 0.340. The minimum atomic E-state index is -0.258. The van der Waals surface area contributed by atoms with E-state index < -0.39 is 0 Å². The highest BCUT2D eigenvalue weighted by Gasteiger charge is 2.01. The van der Waals surface area contributed by atoms with Gasteiger partial charge in [-0.2, -0.15) is 0 Å². The summed E-state index contributed by atoms with van der Waals surface area (Å²) in [5, 5.41) is 19.3. The van der Waals surface area contributed by atoms with Crippen LogP contribution in [-0.4, -0.2) is 11.9 Å². The zero-order chi connectivity index (χ0) is 10.6. The molecule has 0 atom stereocenters. The highest BCUT2D eigenvalue weighted by atomic mass is 16.3. The first kappa shape index (κ1) is 10.1. The Balaban J connectivity index is 2.38. The number of hydrogen-bond donors (Lipinski definition) is 5. The van der Waals surface area contributed by atoms with Crippen LogP contribution in [0.3, 0.4) is 0 Å². The zero-order valence-corrected chi connectivity index (χ0v) is 7.85. The molecular formula is C8H13N5O. The summed E-state index contributed by atoms with van der Waals surface area (Å²) in [5.74, 6) is -0.260. The molecule has 0 fully saturated rings. The molecule has 6 nitrogen and oxygen atoms in total. The van der Waals surface area contributed by atoms with Gasteiger partial charge in [-0.25, -0.2) is 0 Å². The average Bonchev–Trinajstić information content (AvgIpc) is 2.46. The van der Waals surface area contributed by atoms with Gasteiger partial charge in [-0.15, -0.1) is 0 Å². The van der Waals surface area contributed by atoms with E-state index in [-0.39, 0.29) is 11.9 Å². The van der Waals surface area contributed by atoms with Gasteiger partial charge in [0, 0.05) is 12.1 Å². The van der Waals surface area contributed by atoms with Crippen LogP contribution in [0.15, 0.2) is 16.9 Å². The maximum absolute atomic E-state index is 7.32. The van der Waals surface area contributed by atoms with Crippen LogP contribution >= 0.6 is 0 Å². The Kier molecular flexibility index (Phi) is 3.11. The number of furan rings is 1. The van der Waals surface area contributed by atoms with E-state index in [4.69, 9.17) is 21.0 Å².